The zero-order chi connectivity index (χ0) is 11.4. The van der Waals surface area contributed by atoms with Crippen LogP contribution in [0.3, 0.4) is 0 Å². The van der Waals surface area contributed by atoms with E-state index >= 15 is 0 Å². The fourth-order valence-corrected chi connectivity index (χ4v) is 2.64. The lowest BCUT2D eigenvalue weighted by Gasteiger charge is -2.35. The maximum atomic E-state index is 12.2. The van der Waals surface area contributed by atoms with Gasteiger partial charge >= 0.3 is 0 Å². The van der Waals surface area contributed by atoms with Gasteiger partial charge in [-0.1, -0.05) is 4.49 Å². The van der Waals surface area contributed by atoms with Crippen LogP contribution in [0.4, 0.5) is 0 Å². The molecule has 0 spiro atoms. The van der Waals surface area contributed by atoms with Gasteiger partial charge in [0.1, 0.15) is 4.88 Å². The van der Waals surface area contributed by atoms with E-state index in [4.69, 9.17) is 5.73 Å². The van der Waals surface area contributed by atoms with Gasteiger partial charge in [0, 0.05) is 12.6 Å². The number of amides is 1. The summed E-state index contributed by atoms with van der Waals surface area (Å²) in [6.45, 7) is 1.47. The Balaban J connectivity index is 0.00000144. The molecule has 2 N–H and O–H groups in total. The minimum absolute atomic E-state index is 0. The van der Waals surface area contributed by atoms with Crippen LogP contribution in [0.2, 0.25) is 0 Å². The Morgan fingerprint density at radius 2 is 2.41 bits per heavy atom. The smallest absolute Gasteiger partial charge is 0.267 e. The predicted octanol–water partition coefficient (Wildman–Crippen LogP) is 1.30. The Hall–Kier alpha value is -0.720. The van der Waals surface area contributed by atoms with Crippen molar-refractivity contribution in [3.05, 3.63) is 11.1 Å². The molecule has 1 fully saturated rings. The Bertz CT molecular complexity index is 344. The lowest BCUT2D eigenvalue weighted by atomic mass is 9.99. The summed E-state index contributed by atoms with van der Waals surface area (Å²) in [5.74, 6) is 0.0631. The summed E-state index contributed by atoms with van der Waals surface area (Å²) < 4.78 is 3.73. The van der Waals surface area contributed by atoms with Crippen molar-refractivity contribution in [3.63, 3.8) is 0 Å². The van der Waals surface area contributed by atoms with Crippen LogP contribution in [0.15, 0.2) is 6.20 Å². The van der Waals surface area contributed by atoms with E-state index in [2.05, 4.69) is 9.59 Å². The number of nitrogens with two attached hydrogens (primary N) is 1. The van der Waals surface area contributed by atoms with Gasteiger partial charge in [-0.2, -0.15) is 0 Å². The van der Waals surface area contributed by atoms with Crippen LogP contribution >= 0.6 is 23.9 Å². The van der Waals surface area contributed by atoms with Crippen LogP contribution in [0, 0.1) is 0 Å². The van der Waals surface area contributed by atoms with E-state index in [0.717, 1.165) is 37.3 Å². The van der Waals surface area contributed by atoms with E-state index in [1.807, 2.05) is 4.90 Å². The third-order valence-electron chi connectivity index (χ3n) is 2.96. The van der Waals surface area contributed by atoms with Gasteiger partial charge in [0.25, 0.3) is 5.91 Å². The van der Waals surface area contributed by atoms with Crippen molar-refractivity contribution in [1.29, 1.82) is 0 Å². The molecular weight excluding hydrogens is 260 g/mol. The van der Waals surface area contributed by atoms with Gasteiger partial charge in [-0.25, -0.2) is 0 Å². The summed E-state index contributed by atoms with van der Waals surface area (Å²) in [7, 11) is 0. The van der Waals surface area contributed by atoms with E-state index in [1.165, 1.54) is 6.42 Å². The zero-order valence-corrected chi connectivity index (χ0v) is 11.2. The first-order valence-electron chi connectivity index (χ1n) is 5.61. The number of aromatic nitrogens is 2. The highest BCUT2D eigenvalue weighted by Gasteiger charge is 2.27. The molecule has 1 aromatic heterocycles. The molecule has 1 aliphatic rings. The molecule has 1 unspecified atom stereocenters. The molecular formula is C10H17ClN4OS. The maximum absolute atomic E-state index is 12.2. The van der Waals surface area contributed by atoms with Crippen molar-refractivity contribution in [2.45, 2.75) is 31.7 Å². The molecule has 1 saturated heterocycles. The number of hydrogen-bond acceptors (Lipinski definition) is 5. The molecule has 0 radical (unpaired) electrons. The third kappa shape index (κ3) is 3.37. The van der Waals surface area contributed by atoms with Gasteiger partial charge in [-0.3, -0.25) is 4.79 Å². The topological polar surface area (TPSA) is 72.1 Å². The average molecular weight is 277 g/mol. The van der Waals surface area contributed by atoms with Gasteiger partial charge in [-0.15, -0.1) is 17.5 Å². The fraction of sp³-hybridized carbons (Fsp3) is 0.700. The van der Waals surface area contributed by atoms with Crippen molar-refractivity contribution in [1.82, 2.24) is 14.5 Å². The first-order valence-corrected chi connectivity index (χ1v) is 6.38. The molecule has 0 bridgehead atoms. The highest BCUT2D eigenvalue weighted by atomic mass is 35.5. The number of piperidine rings is 1. The predicted molar refractivity (Wildman–Crippen MR) is 69.5 cm³/mol. The molecule has 2 heterocycles. The first kappa shape index (κ1) is 14.3. The van der Waals surface area contributed by atoms with Crippen LogP contribution in [0.5, 0.6) is 0 Å². The van der Waals surface area contributed by atoms with Crippen LogP contribution in [0.25, 0.3) is 0 Å². The quantitative estimate of drug-likeness (QED) is 0.903. The van der Waals surface area contributed by atoms with Gasteiger partial charge in [0.2, 0.25) is 0 Å². The zero-order valence-electron chi connectivity index (χ0n) is 9.54. The second kappa shape index (κ2) is 6.88. The highest BCUT2D eigenvalue weighted by Crippen LogP contribution is 2.22. The van der Waals surface area contributed by atoms with Crippen molar-refractivity contribution >= 4 is 29.8 Å². The van der Waals surface area contributed by atoms with Gasteiger partial charge < -0.3 is 10.6 Å². The molecule has 0 aliphatic carbocycles. The lowest BCUT2D eigenvalue weighted by Crippen LogP contribution is -2.44. The molecule has 7 heteroatoms. The number of hydrogen-bond donors (Lipinski definition) is 1. The summed E-state index contributed by atoms with van der Waals surface area (Å²) in [6.07, 6.45) is 5.77. The average Bonchev–Trinajstić information content (AvgIpc) is 2.83. The molecule has 2 rings (SSSR count). The number of rotatable bonds is 3. The molecule has 1 amide bonds. The monoisotopic (exact) mass is 276 g/mol. The summed E-state index contributed by atoms with van der Waals surface area (Å²) in [6, 6.07) is 0.299. The summed E-state index contributed by atoms with van der Waals surface area (Å²) in [5, 5.41) is 3.71. The lowest BCUT2D eigenvalue weighted by molar-refractivity contribution is 0.0610. The molecule has 1 aromatic rings. The van der Waals surface area contributed by atoms with Gasteiger partial charge in [0.15, 0.2) is 0 Å². The molecule has 96 valence electrons. The Labute approximate surface area is 111 Å². The van der Waals surface area contributed by atoms with Crippen LogP contribution < -0.4 is 5.73 Å². The van der Waals surface area contributed by atoms with Crippen molar-refractivity contribution in [3.8, 4) is 0 Å². The second-order valence-electron chi connectivity index (χ2n) is 4.01. The molecule has 17 heavy (non-hydrogen) atoms. The van der Waals surface area contributed by atoms with Crippen LogP contribution in [-0.4, -0.2) is 39.5 Å². The first-order chi connectivity index (χ1) is 7.83. The summed E-state index contributed by atoms with van der Waals surface area (Å²) in [4.78, 5) is 14.7. The summed E-state index contributed by atoms with van der Waals surface area (Å²) in [5.41, 5.74) is 5.58. The summed E-state index contributed by atoms with van der Waals surface area (Å²) >= 11 is 1.16. The van der Waals surface area contributed by atoms with Crippen LogP contribution in [0.1, 0.15) is 35.4 Å². The Kier molecular flexibility index (Phi) is 5.80. The standard InChI is InChI=1S/C10H16N4OS.ClH/c11-5-4-8-3-1-2-6-14(8)10(15)9-7-12-13-16-9;/h7-8H,1-6,11H2;1H. The number of carbonyl (C=O) groups excluding carboxylic acids is 1. The minimum atomic E-state index is 0. The van der Waals surface area contributed by atoms with Gasteiger partial charge in [0.05, 0.1) is 6.20 Å². The van der Waals surface area contributed by atoms with Crippen molar-refractivity contribution in [2.75, 3.05) is 13.1 Å². The van der Waals surface area contributed by atoms with Crippen LogP contribution in [-0.2, 0) is 0 Å². The third-order valence-corrected chi connectivity index (χ3v) is 3.61. The number of likely N-dealkylation sites (tertiary alicyclic amines) is 1. The van der Waals surface area contributed by atoms with Gasteiger partial charge in [-0.05, 0) is 43.8 Å². The number of halogens is 1. The number of nitrogens with zero attached hydrogens (tertiary/aromatic N) is 3. The van der Waals surface area contributed by atoms with E-state index < -0.39 is 0 Å². The van der Waals surface area contributed by atoms with Crippen molar-refractivity contribution in [2.24, 2.45) is 5.73 Å². The molecule has 0 aromatic carbocycles. The van der Waals surface area contributed by atoms with Crippen molar-refractivity contribution < 1.29 is 4.79 Å². The SMILES string of the molecule is Cl.NCCC1CCCCN1C(=O)c1cnns1. The Morgan fingerprint density at radius 1 is 1.59 bits per heavy atom. The molecule has 1 aliphatic heterocycles. The maximum Gasteiger partial charge on any atom is 0.267 e. The van der Waals surface area contributed by atoms with E-state index in [1.54, 1.807) is 6.20 Å². The minimum Gasteiger partial charge on any atom is -0.335 e. The molecule has 1 atom stereocenters. The molecule has 5 nitrogen and oxygen atoms in total. The number of carbonyl (C=O) groups is 1. The largest absolute Gasteiger partial charge is 0.335 e. The molecule has 0 saturated carbocycles. The van der Waals surface area contributed by atoms with E-state index in [-0.39, 0.29) is 18.3 Å². The Morgan fingerprint density at radius 3 is 3.06 bits per heavy atom. The van der Waals surface area contributed by atoms with E-state index in [0.29, 0.717) is 17.5 Å². The van der Waals surface area contributed by atoms with E-state index in [9.17, 15) is 4.79 Å². The normalized spacial score (nSPS) is 19.8. The highest BCUT2D eigenvalue weighted by molar-refractivity contribution is 7.07. The second-order valence-corrected chi connectivity index (χ2v) is 4.79. The fourth-order valence-electron chi connectivity index (χ4n) is 2.16.